The van der Waals surface area contributed by atoms with Crippen LogP contribution in [-0.4, -0.2) is 0 Å². The highest BCUT2D eigenvalue weighted by Crippen LogP contribution is 2.32. The Kier molecular flexibility index (Phi) is 5.56. The van der Waals surface area contributed by atoms with E-state index in [2.05, 4.69) is 5.43 Å². The molecule has 0 fully saturated rings. The molecule has 20 heavy (non-hydrogen) atoms. The number of nitrogens with one attached hydrogen (secondary N) is 1. The maximum Gasteiger partial charge on any atom is 0.0640 e. The minimum absolute atomic E-state index is 0.211. The Labute approximate surface area is 137 Å². The molecule has 1 unspecified atom stereocenters. The summed E-state index contributed by atoms with van der Waals surface area (Å²) in [7, 11) is 0. The second-order valence-electron chi connectivity index (χ2n) is 4.30. The summed E-state index contributed by atoms with van der Waals surface area (Å²) >= 11 is 24.4. The van der Waals surface area contributed by atoms with Gasteiger partial charge in [-0.25, -0.2) is 0 Å². The molecule has 2 nitrogen and oxygen atoms in total. The molecule has 0 radical (unpaired) electrons. The van der Waals surface area contributed by atoms with Crippen molar-refractivity contribution in [2.75, 3.05) is 0 Å². The van der Waals surface area contributed by atoms with E-state index in [0.29, 0.717) is 26.5 Å². The van der Waals surface area contributed by atoms with Crippen LogP contribution in [0.2, 0.25) is 20.1 Å². The number of nitrogens with two attached hydrogens (primary N) is 1. The molecule has 0 aromatic heterocycles. The van der Waals surface area contributed by atoms with E-state index in [4.69, 9.17) is 52.2 Å². The fourth-order valence-electron chi connectivity index (χ4n) is 1.97. The smallest absolute Gasteiger partial charge is 0.0640 e. The van der Waals surface area contributed by atoms with Gasteiger partial charge in [0, 0.05) is 10.0 Å². The van der Waals surface area contributed by atoms with E-state index in [0.717, 1.165) is 11.1 Å². The van der Waals surface area contributed by atoms with Crippen LogP contribution >= 0.6 is 46.4 Å². The number of hydrazine groups is 1. The Hall–Kier alpha value is -0.480. The Morgan fingerprint density at radius 1 is 1.00 bits per heavy atom. The molecule has 0 heterocycles. The summed E-state index contributed by atoms with van der Waals surface area (Å²) < 4.78 is 0. The summed E-state index contributed by atoms with van der Waals surface area (Å²) in [5.41, 5.74) is 4.44. The molecular formula is C14H12Cl4N2. The highest BCUT2D eigenvalue weighted by atomic mass is 35.5. The Bertz CT molecular complexity index is 616. The van der Waals surface area contributed by atoms with Gasteiger partial charge in [0.05, 0.1) is 16.1 Å². The van der Waals surface area contributed by atoms with Gasteiger partial charge >= 0.3 is 0 Å². The van der Waals surface area contributed by atoms with Crippen molar-refractivity contribution in [1.29, 1.82) is 0 Å². The first-order valence-corrected chi connectivity index (χ1v) is 7.38. The number of hydrogen-bond donors (Lipinski definition) is 2. The van der Waals surface area contributed by atoms with E-state index >= 15 is 0 Å². The van der Waals surface area contributed by atoms with Crippen molar-refractivity contribution in [1.82, 2.24) is 5.43 Å². The lowest BCUT2D eigenvalue weighted by Gasteiger charge is -2.19. The standard InChI is InChI=1S/C14H12Cl4N2/c15-9-4-5-11(16)8(6-9)7-13(20-19)10-2-1-3-12(17)14(10)18/h1-6,13,20H,7,19H2. The van der Waals surface area contributed by atoms with E-state index in [9.17, 15) is 0 Å². The molecule has 2 rings (SSSR count). The number of rotatable bonds is 4. The lowest BCUT2D eigenvalue weighted by atomic mass is 9.99. The van der Waals surface area contributed by atoms with Crippen LogP contribution in [0.5, 0.6) is 0 Å². The highest BCUT2D eigenvalue weighted by Gasteiger charge is 2.17. The zero-order valence-corrected chi connectivity index (χ0v) is 13.4. The fraction of sp³-hybridized carbons (Fsp3) is 0.143. The van der Waals surface area contributed by atoms with Gasteiger partial charge in [-0.2, -0.15) is 0 Å². The van der Waals surface area contributed by atoms with Crippen LogP contribution in [0.25, 0.3) is 0 Å². The lowest BCUT2D eigenvalue weighted by Crippen LogP contribution is -2.30. The van der Waals surface area contributed by atoms with Crippen LogP contribution in [0.15, 0.2) is 36.4 Å². The van der Waals surface area contributed by atoms with E-state index in [1.807, 2.05) is 18.2 Å². The van der Waals surface area contributed by atoms with Gasteiger partial charge in [0.1, 0.15) is 0 Å². The molecule has 106 valence electrons. The topological polar surface area (TPSA) is 38.0 Å². The first-order valence-electron chi connectivity index (χ1n) is 5.87. The first kappa shape index (κ1) is 15.9. The van der Waals surface area contributed by atoms with Crippen molar-refractivity contribution in [3.8, 4) is 0 Å². The second-order valence-corrected chi connectivity index (χ2v) is 5.93. The minimum Gasteiger partial charge on any atom is -0.271 e. The third-order valence-electron chi connectivity index (χ3n) is 2.99. The lowest BCUT2D eigenvalue weighted by molar-refractivity contribution is 0.552. The maximum atomic E-state index is 6.22. The quantitative estimate of drug-likeness (QED) is 0.598. The van der Waals surface area contributed by atoms with Crippen molar-refractivity contribution < 1.29 is 0 Å². The molecule has 0 saturated heterocycles. The molecule has 1 atom stereocenters. The normalized spacial score (nSPS) is 12.4. The van der Waals surface area contributed by atoms with Crippen LogP contribution in [0, 0.1) is 0 Å². The molecule has 0 bridgehead atoms. The van der Waals surface area contributed by atoms with Crippen LogP contribution in [0.1, 0.15) is 17.2 Å². The van der Waals surface area contributed by atoms with Gasteiger partial charge in [0.15, 0.2) is 0 Å². The number of benzene rings is 2. The van der Waals surface area contributed by atoms with Crippen LogP contribution in [0.3, 0.4) is 0 Å². The SMILES string of the molecule is NNC(Cc1cc(Cl)ccc1Cl)c1cccc(Cl)c1Cl. The molecule has 0 amide bonds. The van der Waals surface area contributed by atoms with E-state index in [1.165, 1.54) is 0 Å². The Morgan fingerprint density at radius 2 is 1.75 bits per heavy atom. The largest absolute Gasteiger partial charge is 0.271 e. The molecule has 0 saturated carbocycles. The summed E-state index contributed by atoms with van der Waals surface area (Å²) in [6.45, 7) is 0. The van der Waals surface area contributed by atoms with Crippen LogP contribution in [-0.2, 0) is 6.42 Å². The van der Waals surface area contributed by atoms with E-state index in [-0.39, 0.29) is 6.04 Å². The monoisotopic (exact) mass is 348 g/mol. The zero-order valence-electron chi connectivity index (χ0n) is 10.3. The molecule has 6 heteroatoms. The molecule has 0 spiro atoms. The highest BCUT2D eigenvalue weighted by molar-refractivity contribution is 6.42. The summed E-state index contributed by atoms with van der Waals surface area (Å²) in [6.07, 6.45) is 0.552. The first-order chi connectivity index (χ1) is 9.52. The van der Waals surface area contributed by atoms with E-state index in [1.54, 1.807) is 18.2 Å². The molecule has 0 aliphatic carbocycles. The van der Waals surface area contributed by atoms with Crippen LogP contribution in [0.4, 0.5) is 0 Å². The molecule has 0 aliphatic rings. The summed E-state index contributed by atoms with van der Waals surface area (Å²) in [5.74, 6) is 5.63. The third kappa shape index (κ3) is 3.59. The average Bonchev–Trinajstić information content (AvgIpc) is 2.43. The molecule has 3 N–H and O–H groups in total. The molecule has 0 aliphatic heterocycles. The van der Waals surface area contributed by atoms with Gasteiger partial charge < -0.3 is 0 Å². The molecule has 2 aromatic rings. The predicted molar refractivity (Wildman–Crippen MR) is 86.7 cm³/mol. The molecule has 2 aromatic carbocycles. The number of hydrogen-bond acceptors (Lipinski definition) is 2. The minimum atomic E-state index is -0.211. The summed E-state index contributed by atoms with van der Waals surface area (Å²) in [4.78, 5) is 0. The summed E-state index contributed by atoms with van der Waals surface area (Å²) in [6, 6.07) is 10.5. The van der Waals surface area contributed by atoms with Gasteiger partial charge in [-0.1, -0.05) is 58.5 Å². The van der Waals surface area contributed by atoms with Gasteiger partial charge in [-0.05, 0) is 41.8 Å². The van der Waals surface area contributed by atoms with Crippen LogP contribution < -0.4 is 11.3 Å². The summed E-state index contributed by atoms with van der Waals surface area (Å²) in [5, 5.41) is 2.22. The van der Waals surface area contributed by atoms with Crippen molar-refractivity contribution in [3.63, 3.8) is 0 Å². The third-order valence-corrected chi connectivity index (χ3v) is 4.43. The zero-order chi connectivity index (χ0) is 14.7. The maximum absolute atomic E-state index is 6.22. The van der Waals surface area contributed by atoms with Gasteiger partial charge in [0.25, 0.3) is 0 Å². The van der Waals surface area contributed by atoms with Crippen molar-refractivity contribution >= 4 is 46.4 Å². The van der Waals surface area contributed by atoms with Gasteiger partial charge in [-0.15, -0.1) is 0 Å². The average molecular weight is 350 g/mol. The Morgan fingerprint density at radius 3 is 2.45 bits per heavy atom. The van der Waals surface area contributed by atoms with Crippen molar-refractivity contribution in [2.24, 2.45) is 5.84 Å². The predicted octanol–water partition coefficient (Wildman–Crippen LogP) is 5.05. The number of halogens is 4. The second kappa shape index (κ2) is 6.99. The van der Waals surface area contributed by atoms with Crippen molar-refractivity contribution in [2.45, 2.75) is 12.5 Å². The van der Waals surface area contributed by atoms with Gasteiger partial charge in [-0.3, -0.25) is 11.3 Å². The van der Waals surface area contributed by atoms with Gasteiger partial charge in [0.2, 0.25) is 0 Å². The van der Waals surface area contributed by atoms with Crippen molar-refractivity contribution in [3.05, 3.63) is 67.6 Å². The fourth-order valence-corrected chi connectivity index (χ4v) is 2.80. The van der Waals surface area contributed by atoms with E-state index < -0.39 is 0 Å². The molecular weight excluding hydrogens is 338 g/mol. The Balaban J connectivity index is 2.34.